The van der Waals surface area contributed by atoms with Gasteiger partial charge in [0.2, 0.25) is 15.9 Å². The number of nitrogen functional groups attached to an aromatic ring is 1. The summed E-state index contributed by atoms with van der Waals surface area (Å²) >= 11 is 0. The molecular weight excluding hydrogens is 270 g/mol. The molecule has 0 fully saturated rings. The fourth-order valence-electron chi connectivity index (χ4n) is 1.10. The number of sulfonamides is 1. The molecule has 0 unspecified atom stereocenters. The van der Waals surface area contributed by atoms with Crippen LogP contribution in [0.3, 0.4) is 0 Å². The standard InChI is InChI=1S/C10H17N5O3S/c1-10(2,9(11)16)6-14-19(17,18)7-3-4-13-8(5-7)15-12/h3-5,14H,6,12H2,1-2H3,(H2,11,16)(H,13,15). The number of aromatic nitrogens is 1. The van der Waals surface area contributed by atoms with Crippen molar-refractivity contribution in [1.82, 2.24) is 9.71 Å². The lowest BCUT2D eigenvalue weighted by molar-refractivity contribution is -0.125. The van der Waals surface area contributed by atoms with E-state index in [0.717, 1.165) is 0 Å². The molecule has 19 heavy (non-hydrogen) atoms. The van der Waals surface area contributed by atoms with Gasteiger partial charge in [-0.25, -0.2) is 24.0 Å². The topological polar surface area (TPSA) is 140 Å². The van der Waals surface area contributed by atoms with E-state index in [2.05, 4.69) is 15.1 Å². The van der Waals surface area contributed by atoms with Crippen LogP contribution in [0.2, 0.25) is 0 Å². The molecule has 106 valence electrons. The van der Waals surface area contributed by atoms with Crippen molar-refractivity contribution in [3.8, 4) is 0 Å². The summed E-state index contributed by atoms with van der Waals surface area (Å²) < 4.78 is 26.3. The van der Waals surface area contributed by atoms with E-state index in [4.69, 9.17) is 11.6 Å². The maximum absolute atomic E-state index is 12.0. The quantitative estimate of drug-likeness (QED) is 0.397. The van der Waals surface area contributed by atoms with Crippen LogP contribution >= 0.6 is 0 Å². The summed E-state index contributed by atoms with van der Waals surface area (Å²) in [6.45, 7) is 3.01. The number of rotatable bonds is 6. The number of amides is 1. The first-order valence-corrected chi connectivity index (χ1v) is 6.89. The number of nitrogens with one attached hydrogen (secondary N) is 2. The van der Waals surface area contributed by atoms with Gasteiger partial charge in [0.1, 0.15) is 5.82 Å². The predicted molar refractivity (Wildman–Crippen MR) is 70.2 cm³/mol. The van der Waals surface area contributed by atoms with Gasteiger partial charge < -0.3 is 11.2 Å². The number of carbonyl (C=O) groups is 1. The lowest BCUT2D eigenvalue weighted by atomic mass is 9.93. The summed E-state index contributed by atoms with van der Waals surface area (Å²) in [7, 11) is -3.75. The van der Waals surface area contributed by atoms with E-state index in [9.17, 15) is 13.2 Å². The Hall–Kier alpha value is -1.71. The Morgan fingerprint density at radius 3 is 2.63 bits per heavy atom. The molecule has 0 spiro atoms. The van der Waals surface area contributed by atoms with Crippen LogP contribution in [-0.2, 0) is 14.8 Å². The Morgan fingerprint density at radius 1 is 1.47 bits per heavy atom. The molecule has 0 aliphatic rings. The molecule has 9 heteroatoms. The number of primary amides is 1. The number of pyridine rings is 1. The minimum Gasteiger partial charge on any atom is -0.369 e. The molecular formula is C10H17N5O3S. The summed E-state index contributed by atoms with van der Waals surface area (Å²) in [4.78, 5) is 14.9. The van der Waals surface area contributed by atoms with Crippen molar-refractivity contribution in [2.75, 3.05) is 12.0 Å². The van der Waals surface area contributed by atoms with Gasteiger partial charge in [0.15, 0.2) is 0 Å². The highest BCUT2D eigenvalue weighted by atomic mass is 32.2. The molecule has 0 aromatic carbocycles. The number of hydrazine groups is 1. The average molecular weight is 287 g/mol. The summed E-state index contributed by atoms with van der Waals surface area (Å²) in [5.74, 6) is 4.79. The first-order chi connectivity index (χ1) is 8.69. The first kappa shape index (κ1) is 15.3. The third-order valence-electron chi connectivity index (χ3n) is 2.56. The average Bonchev–Trinajstić information content (AvgIpc) is 2.36. The van der Waals surface area contributed by atoms with Crippen LogP contribution in [-0.4, -0.2) is 25.9 Å². The van der Waals surface area contributed by atoms with Crippen molar-refractivity contribution < 1.29 is 13.2 Å². The summed E-state index contributed by atoms with van der Waals surface area (Å²) in [5.41, 5.74) is 6.45. The number of anilines is 1. The van der Waals surface area contributed by atoms with Crippen molar-refractivity contribution in [1.29, 1.82) is 0 Å². The fraction of sp³-hybridized carbons (Fsp3) is 0.400. The number of nitrogens with two attached hydrogens (primary N) is 2. The van der Waals surface area contributed by atoms with Crippen LogP contribution in [0.5, 0.6) is 0 Å². The van der Waals surface area contributed by atoms with E-state index in [-0.39, 0.29) is 17.3 Å². The first-order valence-electron chi connectivity index (χ1n) is 5.41. The second-order valence-corrected chi connectivity index (χ2v) is 6.36. The minimum absolute atomic E-state index is 0.00396. The lowest BCUT2D eigenvalue weighted by Crippen LogP contribution is -2.42. The number of carbonyl (C=O) groups excluding carboxylic acids is 1. The Morgan fingerprint density at radius 2 is 2.11 bits per heavy atom. The Labute approximate surface area is 111 Å². The van der Waals surface area contributed by atoms with Gasteiger partial charge in [-0.1, -0.05) is 0 Å². The van der Waals surface area contributed by atoms with Crippen molar-refractivity contribution >= 4 is 21.7 Å². The van der Waals surface area contributed by atoms with E-state index in [0.29, 0.717) is 0 Å². The van der Waals surface area contributed by atoms with E-state index >= 15 is 0 Å². The van der Waals surface area contributed by atoms with E-state index in [1.165, 1.54) is 18.3 Å². The molecule has 1 heterocycles. The van der Waals surface area contributed by atoms with Gasteiger partial charge in [0, 0.05) is 18.8 Å². The third-order valence-corrected chi connectivity index (χ3v) is 3.96. The fourth-order valence-corrected chi connectivity index (χ4v) is 2.33. The van der Waals surface area contributed by atoms with Crippen molar-refractivity contribution in [2.45, 2.75) is 18.7 Å². The molecule has 0 saturated heterocycles. The molecule has 0 saturated carbocycles. The molecule has 0 aliphatic carbocycles. The predicted octanol–water partition coefficient (Wildman–Crippen LogP) is -0.843. The van der Waals surface area contributed by atoms with E-state index < -0.39 is 21.3 Å². The second kappa shape index (κ2) is 5.51. The van der Waals surface area contributed by atoms with Gasteiger partial charge in [-0.05, 0) is 19.9 Å². The highest BCUT2D eigenvalue weighted by molar-refractivity contribution is 7.89. The third kappa shape index (κ3) is 3.88. The van der Waals surface area contributed by atoms with Crippen LogP contribution in [0.15, 0.2) is 23.2 Å². The van der Waals surface area contributed by atoms with Gasteiger partial charge >= 0.3 is 0 Å². The SMILES string of the molecule is CC(C)(CNS(=O)(=O)c1ccnc(NN)c1)C(N)=O. The second-order valence-electron chi connectivity index (χ2n) is 4.59. The molecule has 0 radical (unpaired) electrons. The van der Waals surface area contributed by atoms with Gasteiger partial charge in [0.05, 0.1) is 10.3 Å². The Balaban J connectivity index is 2.90. The van der Waals surface area contributed by atoms with Crippen LogP contribution in [0, 0.1) is 5.41 Å². The Kier molecular flexibility index (Phi) is 4.45. The van der Waals surface area contributed by atoms with E-state index in [1.807, 2.05) is 0 Å². The normalized spacial score (nSPS) is 12.2. The number of hydrogen-bond acceptors (Lipinski definition) is 6. The van der Waals surface area contributed by atoms with Gasteiger partial charge in [-0.3, -0.25) is 4.79 Å². The molecule has 1 aromatic rings. The van der Waals surface area contributed by atoms with E-state index in [1.54, 1.807) is 13.8 Å². The maximum atomic E-state index is 12.0. The van der Waals surface area contributed by atoms with Crippen molar-refractivity contribution in [3.05, 3.63) is 18.3 Å². The maximum Gasteiger partial charge on any atom is 0.240 e. The van der Waals surface area contributed by atoms with Crippen molar-refractivity contribution in [3.63, 3.8) is 0 Å². The zero-order valence-corrected chi connectivity index (χ0v) is 11.5. The van der Waals surface area contributed by atoms with Crippen LogP contribution in [0.25, 0.3) is 0 Å². The van der Waals surface area contributed by atoms with Gasteiger partial charge in [-0.15, -0.1) is 0 Å². The smallest absolute Gasteiger partial charge is 0.240 e. The molecule has 0 aliphatic heterocycles. The monoisotopic (exact) mass is 287 g/mol. The van der Waals surface area contributed by atoms with Crippen LogP contribution < -0.4 is 21.7 Å². The number of hydrogen-bond donors (Lipinski definition) is 4. The highest BCUT2D eigenvalue weighted by Gasteiger charge is 2.27. The largest absolute Gasteiger partial charge is 0.369 e. The minimum atomic E-state index is -3.75. The van der Waals surface area contributed by atoms with Gasteiger partial charge in [0.25, 0.3) is 0 Å². The zero-order valence-electron chi connectivity index (χ0n) is 10.7. The highest BCUT2D eigenvalue weighted by Crippen LogP contribution is 2.16. The van der Waals surface area contributed by atoms with Crippen LogP contribution in [0.4, 0.5) is 5.82 Å². The zero-order chi connectivity index (χ0) is 14.7. The lowest BCUT2D eigenvalue weighted by Gasteiger charge is -2.20. The van der Waals surface area contributed by atoms with Crippen LogP contribution in [0.1, 0.15) is 13.8 Å². The molecule has 6 N–H and O–H groups in total. The summed E-state index contributed by atoms with van der Waals surface area (Å²) in [5, 5.41) is 0. The van der Waals surface area contributed by atoms with Gasteiger partial charge in [-0.2, -0.15) is 0 Å². The summed E-state index contributed by atoms with van der Waals surface area (Å²) in [6, 6.07) is 2.60. The molecule has 0 bridgehead atoms. The molecule has 0 atom stereocenters. The number of nitrogens with zero attached hydrogens (tertiary/aromatic N) is 1. The Bertz CT molecular complexity index is 570. The van der Waals surface area contributed by atoms with Crippen molar-refractivity contribution in [2.24, 2.45) is 17.0 Å². The molecule has 8 nitrogen and oxygen atoms in total. The molecule has 1 rings (SSSR count). The molecule has 1 aromatic heterocycles. The summed E-state index contributed by atoms with van der Waals surface area (Å²) in [6.07, 6.45) is 1.31. The molecule has 1 amide bonds.